The van der Waals surface area contributed by atoms with E-state index in [1.165, 1.54) is 0 Å². The van der Waals surface area contributed by atoms with Crippen molar-refractivity contribution in [1.29, 1.82) is 0 Å². The van der Waals surface area contributed by atoms with E-state index in [-0.39, 0.29) is 5.91 Å². The second-order valence-corrected chi connectivity index (χ2v) is 5.41. The Morgan fingerprint density at radius 1 is 1.42 bits per heavy atom. The number of carbonyl (C=O) groups is 1. The van der Waals surface area contributed by atoms with Crippen LogP contribution in [-0.4, -0.2) is 10.9 Å². The van der Waals surface area contributed by atoms with Gasteiger partial charge in [-0.15, -0.1) is 11.3 Å². The molecular formula is C14H12N2O2S. The number of nitrogens with zero attached hydrogens (tertiary/aromatic N) is 1. The van der Waals surface area contributed by atoms with Gasteiger partial charge in [-0.25, -0.2) is 4.98 Å². The van der Waals surface area contributed by atoms with Crippen LogP contribution in [0.15, 0.2) is 41.0 Å². The summed E-state index contributed by atoms with van der Waals surface area (Å²) in [6, 6.07) is 9.17. The van der Waals surface area contributed by atoms with E-state index in [1.54, 1.807) is 29.7 Å². The molecule has 19 heavy (non-hydrogen) atoms. The first-order valence-electron chi connectivity index (χ1n) is 5.90. The fourth-order valence-electron chi connectivity index (χ4n) is 1.86. The highest BCUT2D eigenvalue weighted by Crippen LogP contribution is 2.22. The molecule has 2 aromatic heterocycles. The van der Waals surface area contributed by atoms with Crippen molar-refractivity contribution < 1.29 is 9.21 Å². The number of furan rings is 1. The van der Waals surface area contributed by atoms with Crippen LogP contribution in [-0.2, 0) is 6.54 Å². The van der Waals surface area contributed by atoms with Gasteiger partial charge < -0.3 is 9.73 Å². The number of fused-ring (bicyclic) bond motifs is 1. The fourth-order valence-corrected chi connectivity index (χ4v) is 2.73. The van der Waals surface area contributed by atoms with Crippen molar-refractivity contribution in [2.75, 3.05) is 0 Å². The summed E-state index contributed by atoms with van der Waals surface area (Å²) in [5.41, 5.74) is 1.58. The number of thiazole rings is 1. The summed E-state index contributed by atoms with van der Waals surface area (Å²) >= 11 is 1.59. The number of aryl methyl sites for hydroxylation is 1. The van der Waals surface area contributed by atoms with Gasteiger partial charge in [-0.1, -0.05) is 0 Å². The second kappa shape index (κ2) is 4.85. The average molecular weight is 272 g/mol. The molecule has 1 aromatic carbocycles. The maximum absolute atomic E-state index is 12.0. The van der Waals surface area contributed by atoms with Gasteiger partial charge in [-0.05, 0) is 37.3 Å². The van der Waals surface area contributed by atoms with Crippen LogP contribution >= 0.6 is 11.3 Å². The monoisotopic (exact) mass is 272 g/mol. The highest BCUT2D eigenvalue weighted by Gasteiger charge is 2.08. The van der Waals surface area contributed by atoms with Crippen molar-refractivity contribution in [3.05, 3.63) is 52.9 Å². The highest BCUT2D eigenvalue weighted by atomic mass is 32.1. The molecule has 0 saturated carbocycles. The fraction of sp³-hybridized carbons (Fsp3) is 0.143. The minimum absolute atomic E-state index is 0.107. The van der Waals surface area contributed by atoms with Crippen LogP contribution in [0.1, 0.15) is 21.1 Å². The molecule has 5 heteroatoms. The zero-order valence-corrected chi connectivity index (χ0v) is 11.2. The minimum atomic E-state index is -0.107. The van der Waals surface area contributed by atoms with E-state index >= 15 is 0 Å². The SMILES string of the molecule is Cc1nc2ccc(C(=O)NCc3ccco3)cc2s1. The van der Waals surface area contributed by atoms with E-state index in [0.29, 0.717) is 12.1 Å². The molecule has 4 nitrogen and oxygen atoms in total. The molecule has 0 saturated heterocycles. The summed E-state index contributed by atoms with van der Waals surface area (Å²) in [7, 11) is 0. The second-order valence-electron chi connectivity index (χ2n) is 4.18. The summed E-state index contributed by atoms with van der Waals surface area (Å²) in [5.74, 6) is 0.632. The van der Waals surface area contributed by atoms with Gasteiger partial charge in [-0.3, -0.25) is 4.79 Å². The first kappa shape index (κ1) is 11.9. The smallest absolute Gasteiger partial charge is 0.251 e. The van der Waals surface area contributed by atoms with Gasteiger partial charge in [-0.2, -0.15) is 0 Å². The van der Waals surface area contributed by atoms with Crippen LogP contribution in [0.2, 0.25) is 0 Å². The van der Waals surface area contributed by atoms with Gasteiger partial charge in [0.25, 0.3) is 5.91 Å². The van der Waals surface area contributed by atoms with Crippen molar-refractivity contribution in [3.8, 4) is 0 Å². The average Bonchev–Trinajstić information content (AvgIpc) is 3.02. The van der Waals surface area contributed by atoms with E-state index in [9.17, 15) is 4.79 Å². The Kier molecular flexibility index (Phi) is 3.05. The van der Waals surface area contributed by atoms with Crippen molar-refractivity contribution in [2.45, 2.75) is 13.5 Å². The zero-order valence-electron chi connectivity index (χ0n) is 10.3. The molecule has 0 spiro atoms. The topological polar surface area (TPSA) is 55.1 Å². The maximum Gasteiger partial charge on any atom is 0.251 e. The number of benzene rings is 1. The number of hydrogen-bond donors (Lipinski definition) is 1. The van der Waals surface area contributed by atoms with Crippen LogP contribution in [0, 0.1) is 6.92 Å². The van der Waals surface area contributed by atoms with Gasteiger partial charge in [0.05, 0.1) is 28.0 Å². The molecular weight excluding hydrogens is 260 g/mol. The lowest BCUT2D eigenvalue weighted by Gasteiger charge is -2.03. The molecule has 1 amide bonds. The summed E-state index contributed by atoms with van der Waals surface area (Å²) in [4.78, 5) is 16.4. The van der Waals surface area contributed by atoms with Crippen LogP contribution in [0.3, 0.4) is 0 Å². The largest absolute Gasteiger partial charge is 0.467 e. The summed E-state index contributed by atoms with van der Waals surface area (Å²) < 4.78 is 6.20. The molecule has 0 radical (unpaired) electrons. The summed E-state index contributed by atoms with van der Waals surface area (Å²) in [6.45, 7) is 2.35. The quantitative estimate of drug-likeness (QED) is 0.797. The maximum atomic E-state index is 12.0. The number of carbonyl (C=O) groups excluding carboxylic acids is 1. The molecule has 3 rings (SSSR count). The third-order valence-electron chi connectivity index (χ3n) is 2.76. The first-order valence-corrected chi connectivity index (χ1v) is 6.72. The van der Waals surface area contributed by atoms with E-state index in [0.717, 1.165) is 21.0 Å². The molecule has 0 unspecified atom stereocenters. The first-order chi connectivity index (χ1) is 9.22. The van der Waals surface area contributed by atoms with Gasteiger partial charge in [0.15, 0.2) is 0 Å². The number of nitrogens with one attached hydrogen (secondary N) is 1. The van der Waals surface area contributed by atoms with Gasteiger partial charge in [0.2, 0.25) is 0 Å². The standard InChI is InChI=1S/C14H12N2O2S/c1-9-16-12-5-4-10(7-13(12)19-9)14(17)15-8-11-3-2-6-18-11/h2-7H,8H2,1H3,(H,15,17). The Morgan fingerprint density at radius 3 is 3.11 bits per heavy atom. The molecule has 3 aromatic rings. The third kappa shape index (κ3) is 2.51. The zero-order chi connectivity index (χ0) is 13.2. The van der Waals surface area contributed by atoms with Crippen molar-refractivity contribution in [1.82, 2.24) is 10.3 Å². The number of amides is 1. The summed E-state index contributed by atoms with van der Waals surface area (Å²) in [6.07, 6.45) is 1.59. The molecule has 0 aliphatic heterocycles. The Morgan fingerprint density at radius 2 is 2.32 bits per heavy atom. The van der Waals surface area contributed by atoms with Gasteiger partial charge in [0.1, 0.15) is 5.76 Å². The van der Waals surface area contributed by atoms with Crippen LogP contribution in [0.25, 0.3) is 10.2 Å². The predicted molar refractivity (Wildman–Crippen MR) is 74.2 cm³/mol. The molecule has 2 heterocycles. The van der Waals surface area contributed by atoms with Crippen LogP contribution < -0.4 is 5.32 Å². The van der Waals surface area contributed by atoms with Crippen molar-refractivity contribution in [2.24, 2.45) is 0 Å². The molecule has 0 bridgehead atoms. The Balaban J connectivity index is 1.77. The molecule has 0 aliphatic rings. The lowest BCUT2D eigenvalue weighted by atomic mass is 10.2. The van der Waals surface area contributed by atoms with Crippen molar-refractivity contribution >= 4 is 27.5 Å². The number of aromatic nitrogens is 1. The normalized spacial score (nSPS) is 10.8. The van der Waals surface area contributed by atoms with E-state index in [2.05, 4.69) is 10.3 Å². The molecule has 0 atom stereocenters. The number of hydrogen-bond acceptors (Lipinski definition) is 4. The Hall–Kier alpha value is -2.14. The minimum Gasteiger partial charge on any atom is -0.467 e. The van der Waals surface area contributed by atoms with Crippen LogP contribution in [0.4, 0.5) is 0 Å². The van der Waals surface area contributed by atoms with E-state index in [4.69, 9.17) is 4.42 Å². The molecule has 0 fully saturated rings. The van der Waals surface area contributed by atoms with Crippen molar-refractivity contribution in [3.63, 3.8) is 0 Å². The van der Waals surface area contributed by atoms with Gasteiger partial charge >= 0.3 is 0 Å². The van der Waals surface area contributed by atoms with Crippen LogP contribution in [0.5, 0.6) is 0 Å². The third-order valence-corrected chi connectivity index (χ3v) is 3.69. The predicted octanol–water partition coefficient (Wildman–Crippen LogP) is 3.13. The molecule has 96 valence electrons. The molecule has 1 N–H and O–H groups in total. The van der Waals surface area contributed by atoms with Gasteiger partial charge in [0, 0.05) is 5.56 Å². The number of rotatable bonds is 3. The van der Waals surface area contributed by atoms with E-state index in [1.807, 2.05) is 25.1 Å². The molecule has 0 aliphatic carbocycles. The van der Waals surface area contributed by atoms with E-state index < -0.39 is 0 Å². The lowest BCUT2D eigenvalue weighted by Crippen LogP contribution is -2.22. The Labute approximate surface area is 114 Å². The lowest BCUT2D eigenvalue weighted by molar-refractivity contribution is 0.0948. The Bertz CT molecular complexity index is 716. The highest BCUT2D eigenvalue weighted by molar-refractivity contribution is 7.18. The summed E-state index contributed by atoms with van der Waals surface area (Å²) in [5, 5.41) is 3.83.